The molecule has 0 aliphatic rings. The number of rotatable bonds is 2. The minimum Gasteiger partial charge on any atom is -0.439 e. The lowest BCUT2D eigenvalue weighted by molar-refractivity contribution is 0.542. The van der Waals surface area contributed by atoms with Crippen molar-refractivity contribution in [2.24, 2.45) is 0 Å². The Morgan fingerprint density at radius 1 is 1.38 bits per heavy atom. The van der Waals surface area contributed by atoms with Crippen LogP contribution in [-0.4, -0.2) is 15.0 Å². The Kier molecular flexibility index (Phi) is 2.07. The van der Waals surface area contributed by atoms with Crippen LogP contribution in [0.2, 0.25) is 0 Å². The predicted octanol–water partition coefficient (Wildman–Crippen LogP) is 1.85. The smallest absolute Gasteiger partial charge is 0.203 e. The van der Waals surface area contributed by atoms with Crippen LogP contribution in [0.4, 0.5) is 5.13 Å². The molecule has 3 aromatic heterocycles. The van der Waals surface area contributed by atoms with Gasteiger partial charge in [0.15, 0.2) is 16.4 Å². The van der Waals surface area contributed by atoms with Gasteiger partial charge in [0.25, 0.3) is 0 Å². The van der Waals surface area contributed by atoms with E-state index in [0.717, 1.165) is 5.69 Å². The van der Waals surface area contributed by atoms with Crippen LogP contribution in [0.3, 0.4) is 0 Å². The summed E-state index contributed by atoms with van der Waals surface area (Å²) in [6.07, 6.45) is 2.24. The summed E-state index contributed by atoms with van der Waals surface area (Å²) in [5.74, 6) is 0.610. The molecule has 0 amide bonds. The Balaban J connectivity index is 1.95. The number of nitrogens with two attached hydrogens (primary N) is 1. The molecule has 3 heterocycles. The van der Waals surface area contributed by atoms with E-state index < -0.39 is 0 Å². The molecule has 0 spiro atoms. The number of thiazole rings is 1. The maximum absolute atomic E-state index is 5.55. The number of nitrogen functional groups attached to an aromatic ring is 1. The van der Waals surface area contributed by atoms with Crippen LogP contribution in [0.5, 0.6) is 0 Å². The summed E-state index contributed by atoms with van der Waals surface area (Å²) >= 11 is 1.41. The van der Waals surface area contributed by atoms with Crippen molar-refractivity contribution in [1.29, 1.82) is 0 Å². The molecular formula is C10H8N4OS. The molecule has 0 radical (unpaired) electrons. The first kappa shape index (κ1) is 9.29. The molecule has 0 saturated carbocycles. The third-order valence-electron chi connectivity index (χ3n) is 2.11. The molecule has 0 aliphatic heterocycles. The molecule has 0 fully saturated rings. The summed E-state index contributed by atoms with van der Waals surface area (Å²) in [5.41, 5.74) is 7.74. The van der Waals surface area contributed by atoms with Crippen molar-refractivity contribution in [2.45, 2.75) is 6.42 Å². The Bertz CT molecular complexity index is 597. The molecule has 0 saturated heterocycles. The van der Waals surface area contributed by atoms with E-state index in [-0.39, 0.29) is 0 Å². The van der Waals surface area contributed by atoms with Gasteiger partial charge in [-0.3, -0.25) is 0 Å². The molecule has 6 heteroatoms. The normalized spacial score (nSPS) is 11.0. The van der Waals surface area contributed by atoms with E-state index in [2.05, 4.69) is 15.0 Å². The van der Waals surface area contributed by atoms with Crippen molar-refractivity contribution in [2.75, 3.05) is 5.73 Å². The number of oxazole rings is 1. The highest BCUT2D eigenvalue weighted by Gasteiger charge is 2.08. The fourth-order valence-electron chi connectivity index (χ4n) is 1.45. The Morgan fingerprint density at radius 3 is 3.06 bits per heavy atom. The lowest BCUT2D eigenvalue weighted by atomic mass is 10.3. The van der Waals surface area contributed by atoms with Gasteiger partial charge in [-0.2, -0.15) is 4.98 Å². The van der Waals surface area contributed by atoms with Gasteiger partial charge in [0.05, 0.1) is 12.1 Å². The molecule has 2 N–H and O–H groups in total. The Hall–Kier alpha value is -1.95. The molecule has 80 valence electrons. The molecule has 0 aromatic carbocycles. The quantitative estimate of drug-likeness (QED) is 0.729. The molecular weight excluding hydrogens is 224 g/mol. The van der Waals surface area contributed by atoms with Crippen LogP contribution < -0.4 is 5.73 Å². The number of pyridine rings is 1. The van der Waals surface area contributed by atoms with E-state index in [1.165, 1.54) is 11.3 Å². The van der Waals surface area contributed by atoms with Gasteiger partial charge in [-0.25, -0.2) is 9.97 Å². The maximum Gasteiger partial charge on any atom is 0.203 e. The van der Waals surface area contributed by atoms with Gasteiger partial charge in [0.1, 0.15) is 0 Å². The fourth-order valence-corrected chi connectivity index (χ4v) is 2.01. The van der Waals surface area contributed by atoms with E-state index in [4.69, 9.17) is 10.2 Å². The molecule has 3 rings (SSSR count). The monoisotopic (exact) mass is 232 g/mol. The van der Waals surface area contributed by atoms with Crippen molar-refractivity contribution in [3.8, 4) is 0 Å². The van der Waals surface area contributed by atoms with Crippen molar-refractivity contribution in [3.63, 3.8) is 0 Å². The number of hydrogen-bond donors (Lipinski definition) is 1. The van der Waals surface area contributed by atoms with Gasteiger partial charge in [0, 0.05) is 11.6 Å². The fraction of sp³-hybridized carbons (Fsp3) is 0.100. The van der Waals surface area contributed by atoms with Crippen LogP contribution in [0.15, 0.2) is 28.1 Å². The van der Waals surface area contributed by atoms with E-state index in [0.29, 0.717) is 28.7 Å². The van der Waals surface area contributed by atoms with Gasteiger partial charge >= 0.3 is 0 Å². The van der Waals surface area contributed by atoms with Crippen LogP contribution in [0, 0.1) is 0 Å². The highest BCUT2D eigenvalue weighted by molar-refractivity contribution is 7.13. The first-order valence-corrected chi connectivity index (χ1v) is 5.59. The average Bonchev–Trinajstić information content (AvgIpc) is 2.84. The van der Waals surface area contributed by atoms with E-state index >= 15 is 0 Å². The van der Waals surface area contributed by atoms with E-state index in [1.807, 2.05) is 17.5 Å². The first-order chi connectivity index (χ1) is 7.81. The first-order valence-electron chi connectivity index (χ1n) is 4.71. The highest BCUT2D eigenvalue weighted by atomic mass is 32.1. The minimum atomic E-state index is 0.546. The molecule has 0 atom stereocenters. The lowest BCUT2D eigenvalue weighted by Crippen LogP contribution is -1.89. The molecule has 16 heavy (non-hydrogen) atoms. The Morgan fingerprint density at radius 2 is 2.31 bits per heavy atom. The van der Waals surface area contributed by atoms with Gasteiger partial charge in [-0.1, -0.05) is 0 Å². The summed E-state index contributed by atoms with van der Waals surface area (Å²) in [4.78, 5) is 12.5. The molecule has 5 nitrogen and oxygen atoms in total. The number of aromatic nitrogens is 3. The van der Waals surface area contributed by atoms with E-state index in [9.17, 15) is 0 Å². The minimum absolute atomic E-state index is 0.546. The summed E-state index contributed by atoms with van der Waals surface area (Å²) in [6.45, 7) is 0. The maximum atomic E-state index is 5.55. The number of fused-ring (bicyclic) bond motifs is 1. The second-order valence-corrected chi connectivity index (χ2v) is 4.18. The second-order valence-electron chi connectivity index (χ2n) is 3.29. The Labute approximate surface area is 95.0 Å². The number of nitrogens with zero attached hydrogens (tertiary/aromatic N) is 3. The topological polar surface area (TPSA) is 77.8 Å². The van der Waals surface area contributed by atoms with Crippen LogP contribution in [0.25, 0.3) is 11.2 Å². The zero-order valence-corrected chi connectivity index (χ0v) is 9.07. The second kappa shape index (κ2) is 3.57. The predicted molar refractivity (Wildman–Crippen MR) is 61.1 cm³/mol. The zero-order chi connectivity index (χ0) is 11.0. The lowest BCUT2D eigenvalue weighted by Gasteiger charge is -1.88. The van der Waals surface area contributed by atoms with Crippen molar-refractivity contribution in [3.05, 3.63) is 35.3 Å². The third-order valence-corrected chi connectivity index (χ3v) is 2.83. The van der Waals surface area contributed by atoms with Crippen molar-refractivity contribution in [1.82, 2.24) is 15.0 Å². The zero-order valence-electron chi connectivity index (χ0n) is 8.25. The molecule has 0 unspecified atom stereocenters. The summed E-state index contributed by atoms with van der Waals surface area (Å²) in [5, 5.41) is 2.46. The van der Waals surface area contributed by atoms with Crippen molar-refractivity contribution >= 4 is 27.7 Å². The van der Waals surface area contributed by atoms with Gasteiger partial charge in [-0.05, 0) is 12.1 Å². The van der Waals surface area contributed by atoms with Gasteiger partial charge in [-0.15, -0.1) is 11.3 Å². The summed E-state index contributed by atoms with van der Waals surface area (Å²) in [6, 6.07) is 3.66. The summed E-state index contributed by atoms with van der Waals surface area (Å²) in [7, 11) is 0. The SMILES string of the molecule is Nc1nc(Cc2nc3ncccc3o2)cs1. The van der Waals surface area contributed by atoms with Gasteiger partial charge < -0.3 is 10.2 Å². The molecule has 0 bridgehead atoms. The van der Waals surface area contributed by atoms with Gasteiger partial charge in [0.2, 0.25) is 5.89 Å². The number of anilines is 1. The van der Waals surface area contributed by atoms with Crippen molar-refractivity contribution < 1.29 is 4.42 Å². The summed E-state index contributed by atoms with van der Waals surface area (Å²) < 4.78 is 5.53. The average molecular weight is 232 g/mol. The number of hydrogen-bond acceptors (Lipinski definition) is 6. The van der Waals surface area contributed by atoms with Crippen LogP contribution in [-0.2, 0) is 6.42 Å². The largest absolute Gasteiger partial charge is 0.439 e. The molecule has 3 aromatic rings. The van der Waals surface area contributed by atoms with Crippen LogP contribution in [0.1, 0.15) is 11.6 Å². The third kappa shape index (κ3) is 1.63. The molecule has 0 aliphatic carbocycles. The van der Waals surface area contributed by atoms with Crippen LogP contribution >= 0.6 is 11.3 Å². The standard InChI is InChI=1S/C10H8N4OS/c11-10-13-6(5-16-10)4-8-14-9-7(15-8)2-1-3-12-9/h1-3,5H,4H2,(H2,11,13). The highest BCUT2D eigenvalue weighted by Crippen LogP contribution is 2.17. The van der Waals surface area contributed by atoms with E-state index in [1.54, 1.807) is 6.20 Å².